The van der Waals surface area contributed by atoms with Gasteiger partial charge in [0.1, 0.15) is 5.75 Å². The fraction of sp³-hybridized carbons (Fsp3) is 0.222. The van der Waals surface area contributed by atoms with Gasteiger partial charge < -0.3 is 4.74 Å². The van der Waals surface area contributed by atoms with E-state index in [2.05, 4.69) is 34.3 Å². The molecule has 0 bridgehead atoms. The number of rotatable bonds is 4. The average molecular weight is 291 g/mol. The van der Waals surface area contributed by atoms with Gasteiger partial charge in [0.05, 0.1) is 12.3 Å². The summed E-state index contributed by atoms with van der Waals surface area (Å²) in [6.45, 7) is 1.67. The van der Waals surface area contributed by atoms with Crippen LogP contribution in [0.3, 0.4) is 0 Å². The summed E-state index contributed by atoms with van der Waals surface area (Å²) in [6, 6.07) is 12.5. The van der Waals surface area contributed by atoms with Crippen LogP contribution in [0.4, 0.5) is 0 Å². The zero-order valence-electron chi connectivity index (χ0n) is 12.3. The van der Waals surface area contributed by atoms with Crippen LogP contribution in [0.25, 0.3) is 11.3 Å². The second-order valence-corrected chi connectivity index (χ2v) is 5.47. The fourth-order valence-electron chi connectivity index (χ4n) is 2.90. The maximum absolute atomic E-state index is 5.56. The van der Waals surface area contributed by atoms with E-state index in [1.54, 1.807) is 6.20 Å². The van der Waals surface area contributed by atoms with E-state index in [1.807, 2.05) is 29.2 Å². The van der Waals surface area contributed by atoms with Crippen LogP contribution in [-0.2, 0) is 19.4 Å². The van der Waals surface area contributed by atoms with Crippen LogP contribution >= 0.6 is 0 Å². The molecule has 0 saturated carbocycles. The number of benzene rings is 1. The molecule has 0 amide bonds. The quantitative estimate of drug-likeness (QED) is 0.741. The minimum atomic E-state index is 0.809. The van der Waals surface area contributed by atoms with Crippen LogP contribution in [0.5, 0.6) is 5.75 Å². The van der Waals surface area contributed by atoms with Crippen LogP contribution in [0.2, 0.25) is 0 Å². The Morgan fingerprint density at radius 1 is 1.14 bits per heavy atom. The molecule has 0 atom stereocenters. The average Bonchev–Trinajstić information content (AvgIpc) is 3.22. The van der Waals surface area contributed by atoms with Crippen LogP contribution in [-0.4, -0.2) is 21.4 Å². The number of nitrogens with zero attached hydrogens (tertiary/aromatic N) is 3. The van der Waals surface area contributed by atoms with Gasteiger partial charge in [-0.25, -0.2) is 0 Å². The molecule has 3 aromatic rings. The first kappa shape index (κ1) is 13.1. The Morgan fingerprint density at radius 3 is 3.05 bits per heavy atom. The minimum Gasteiger partial charge on any atom is -0.493 e. The molecule has 4 nitrogen and oxygen atoms in total. The van der Waals surface area contributed by atoms with Crippen molar-refractivity contribution in [2.75, 3.05) is 6.61 Å². The van der Waals surface area contributed by atoms with Gasteiger partial charge in [-0.3, -0.25) is 9.67 Å². The Kier molecular flexibility index (Phi) is 3.35. The smallest absolute Gasteiger partial charge is 0.122 e. The van der Waals surface area contributed by atoms with Gasteiger partial charge in [0.2, 0.25) is 0 Å². The van der Waals surface area contributed by atoms with Gasteiger partial charge in [0, 0.05) is 37.1 Å². The second-order valence-electron chi connectivity index (χ2n) is 5.47. The molecular formula is C18H17N3O. The number of hydrogen-bond acceptors (Lipinski definition) is 3. The van der Waals surface area contributed by atoms with Gasteiger partial charge in [-0.15, -0.1) is 0 Å². The highest BCUT2D eigenvalue weighted by molar-refractivity contribution is 5.57. The molecule has 0 N–H and O–H groups in total. The van der Waals surface area contributed by atoms with E-state index in [1.165, 1.54) is 11.1 Å². The summed E-state index contributed by atoms with van der Waals surface area (Å²) in [5.41, 5.74) is 4.86. The Labute approximate surface area is 129 Å². The van der Waals surface area contributed by atoms with Crippen molar-refractivity contribution >= 4 is 0 Å². The van der Waals surface area contributed by atoms with Gasteiger partial charge in [-0.1, -0.05) is 12.1 Å². The Bertz CT molecular complexity index is 780. The Balaban J connectivity index is 1.52. The lowest BCUT2D eigenvalue weighted by Crippen LogP contribution is -2.05. The molecule has 0 spiro atoms. The molecule has 2 aromatic heterocycles. The van der Waals surface area contributed by atoms with Crippen molar-refractivity contribution < 1.29 is 4.74 Å². The normalized spacial score (nSPS) is 12.9. The first-order chi connectivity index (χ1) is 10.9. The van der Waals surface area contributed by atoms with Crippen LogP contribution < -0.4 is 4.74 Å². The number of fused-ring (bicyclic) bond motifs is 1. The molecule has 110 valence electrons. The fourth-order valence-corrected chi connectivity index (χ4v) is 2.90. The van der Waals surface area contributed by atoms with Gasteiger partial charge in [0.15, 0.2) is 0 Å². The summed E-state index contributed by atoms with van der Waals surface area (Å²) < 4.78 is 7.60. The molecule has 0 fully saturated rings. The first-order valence-electron chi connectivity index (χ1n) is 7.57. The number of ether oxygens (including phenoxy) is 1. The number of pyridine rings is 1. The number of hydrogen-bond donors (Lipinski definition) is 0. The zero-order chi connectivity index (χ0) is 14.8. The van der Waals surface area contributed by atoms with Crippen molar-refractivity contribution in [1.82, 2.24) is 14.8 Å². The lowest BCUT2D eigenvalue weighted by Gasteiger charge is -2.08. The molecule has 22 heavy (non-hydrogen) atoms. The summed E-state index contributed by atoms with van der Waals surface area (Å²) in [5, 5.41) is 4.44. The predicted molar refractivity (Wildman–Crippen MR) is 84.8 cm³/mol. The standard InChI is InChI=1S/C18H17N3O/c1-2-16(13-19-8-1)17-5-9-20-21(17)10-6-14-3-4-18-15(12-14)7-11-22-18/h1-5,8-9,12-13H,6-7,10-11H2. The molecule has 0 radical (unpaired) electrons. The third-order valence-corrected chi connectivity index (χ3v) is 4.04. The molecule has 3 heterocycles. The summed E-state index contributed by atoms with van der Waals surface area (Å²) in [5.74, 6) is 1.04. The summed E-state index contributed by atoms with van der Waals surface area (Å²) in [7, 11) is 0. The van der Waals surface area contributed by atoms with E-state index in [4.69, 9.17) is 4.74 Å². The van der Waals surface area contributed by atoms with Gasteiger partial charge in [-0.05, 0) is 41.8 Å². The number of aromatic nitrogens is 3. The van der Waals surface area contributed by atoms with Gasteiger partial charge in [-0.2, -0.15) is 5.10 Å². The molecule has 4 heteroatoms. The van der Waals surface area contributed by atoms with Crippen molar-refractivity contribution in [3.63, 3.8) is 0 Å². The Hall–Kier alpha value is -2.62. The van der Waals surface area contributed by atoms with E-state index in [9.17, 15) is 0 Å². The van der Waals surface area contributed by atoms with Crippen molar-refractivity contribution in [3.05, 3.63) is 66.1 Å². The highest BCUT2D eigenvalue weighted by Crippen LogP contribution is 2.26. The zero-order valence-corrected chi connectivity index (χ0v) is 12.3. The molecular weight excluding hydrogens is 274 g/mol. The minimum absolute atomic E-state index is 0.809. The lowest BCUT2D eigenvalue weighted by molar-refractivity contribution is 0.357. The van der Waals surface area contributed by atoms with Crippen LogP contribution in [0, 0.1) is 0 Å². The highest BCUT2D eigenvalue weighted by Gasteiger charge is 2.12. The van der Waals surface area contributed by atoms with Crippen LogP contribution in [0.15, 0.2) is 55.0 Å². The SMILES string of the molecule is c1cncc(-c2ccnn2CCc2ccc3c(c2)CCO3)c1. The lowest BCUT2D eigenvalue weighted by atomic mass is 10.1. The monoisotopic (exact) mass is 291 g/mol. The Morgan fingerprint density at radius 2 is 2.14 bits per heavy atom. The third kappa shape index (κ3) is 2.48. The molecule has 0 aliphatic carbocycles. The maximum Gasteiger partial charge on any atom is 0.122 e. The van der Waals surface area contributed by atoms with E-state index in [0.717, 1.165) is 43.0 Å². The molecule has 4 rings (SSSR count). The highest BCUT2D eigenvalue weighted by atomic mass is 16.5. The van der Waals surface area contributed by atoms with E-state index in [-0.39, 0.29) is 0 Å². The molecule has 1 aliphatic heterocycles. The third-order valence-electron chi connectivity index (χ3n) is 4.04. The maximum atomic E-state index is 5.56. The van der Waals surface area contributed by atoms with E-state index >= 15 is 0 Å². The molecule has 0 saturated heterocycles. The van der Waals surface area contributed by atoms with Gasteiger partial charge in [0.25, 0.3) is 0 Å². The summed E-state index contributed by atoms with van der Waals surface area (Å²) in [6.07, 6.45) is 7.49. The van der Waals surface area contributed by atoms with Crippen molar-refractivity contribution in [3.8, 4) is 17.0 Å². The van der Waals surface area contributed by atoms with Crippen LogP contribution in [0.1, 0.15) is 11.1 Å². The summed E-state index contributed by atoms with van der Waals surface area (Å²) in [4.78, 5) is 4.18. The summed E-state index contributed by atoms with van der Waals surface area (Å²) >= 11 is 0. The largest absolute Gasteiger partial charge is 0.493 e. The van der Waals surface area contributed by atoms with E-state index in [0.29, 0.717) is 0 Å². The van der Waals surface area contributed by atoms with Crippen molar-refractivity contribution in [2.45, 2.75) is 19.4 Å². The van der Waals surface area contributed by atoms with E-state index < -0.39 is 0 Å². The molecule has 1 aromatic carbocycles. The van der Waals surface area contributed by atoms with Gasteiger partial charge >= 0.3 is 0 Å². The topological polar surface area (TPSA) is 39.9 Å². The number of aryl methyl sites for hydroxylation is 2. The second kappa shape index (κ2) is 5.64. The molecule has 0 unspecified atom stereocenters. The molecule has 1 aliphatic rings. The van der Waals surface area contributed by atoms with Crippen molar-refractivity contribution in [1.29, 1.82) is 0 Å². The van der Waals surface area contributed by atoms with Crippen molar-refractivity contribution in [2.24, 2.45) is 0 Å². The predicted octanol–water partition coefficient (Wildman–Crippen LogP) is 3.12. The first-order valence-corrected chi connectivity index (χ1v) is 7.57.